The van der Waals surface area contributed by atoms with E-state index in [0.29, 0.717) is 17.7 Å². The van der Waals surface area contributed by atoms with Gasteiger partial charge < -0.3 is 24.4 Å². The molecule has 1 N–H and O–H groups in total. The number of nitriles is 1. The van der Waals surface area contributed by atoms with Crippen LogP contribution in [0.15, 0.2) is 6.20 Å². The van der Waals surface area contributed by atoms with Crippen LogP contribution < -0.4 is 9.64 Å². The van der Waals surface area contributed by atoms with E-state index in [1.807, 2.05) is 13.1 Å². The van der Waals surface area contributed by atoms with E-state index in [1.165, 1.54) is 11.1 Å². The number of amides is 1. The minimum atomic E-state index is -1.09. The number of carboxylic acid groups (broad SMARTS) is 1. The van der Waals surface area contributed by atoms with E-state index in [4.69, 9.17) is 26.3 Å². The maximum Gasteiger partial charge on any atom is 0.407 e. The predicted octanol–water partition coefficient (Wildman–Crippen LogP) is 2.00. The molecule has 4 rings (SSSR count). The largest absolute Gasteiger partial charge is 0.465 e. The number of rotatable bonds is 6. The number of likely N-dealkylation sites (N-methyl/N-ethyl adjacent to an activating group) is 1. The number of piperazine rings is 1. The van der Waals surface area contributed by atoms with Crippen LogP contribution in [0.2, 0.25) is 5.15 Å². The summed E-state index contributed by atoms with van der Waals surface area (Å²) in [6.45, 7) is 1.73. The number of fused-ring (bicyclic) bond motifs is 1. The van der Waals surface area contributed by atoms with Crippen molar-refractivity contribution in [3.05, 3.63) is 17.2 Å². The van der Waals surface area contributed by atoms with E-state index in [0.717, 1.165) is 13.0 Å². The molecule has 4 heterocycles. The lowest BCUT2D eigenvalue weighted by Gasteiger charge is -2.39. The number of anilines is 1. The number of ether oxygens (including phenoxy) is 2. The number of halogens is 2. The molecule has 0 aromatic carbocycles. The third-order valence-corrected chi connectivity index (χ3v) is 6.61. The minimum Gasteiger partial charge on any atom is -0.465 e. The highest BCUT2D eigenvalue weighted by molar-refractivity contribution is 6.30. The van der Waals surface area contributed by atoms with Crippen molar-refractivity contribution in [1.82, 2.24) is 24.8 Å². The van der Waals surface area contributed by atoms with Crippen molar-refractivity contribution in [3.8, 4) is 12.1 Å². The highest BCUT2D eigenvalue weighted by atomic mass is 35.5. The van der Waals surface area contributed by atoms with Gasteiger partial charge in [-0.25, -0.2) is 14.2 Å². The van der Waals surface area contributed by atoms with E-state index in [2.05, 4.69) is 19.9 Å². The van der Waals surface area contributed by atoms with Gasteiger partial charge in [0.05, 0.1) is 30.0 Å². The Labute approximate surface area is 200 Å². The molecular weight excluding hydrogens is 469 g/mol. The number of nitrogens with zero attached hydrogens (tertiary/aromatic N) is 7. The van der Waals surface area contributed by atoms with Gasteiger partial charge in [0.25, 0.3) is 0 Å². The van der Waals surface area contributed by atoms with Gasteiger partial charge in [-0.05, 0) is 13.5 Å². The molecule has 13 heteroatoms. The van der Waals surface area contributed by atoms with Gasteiger partial charge in [0.2, 0.25) is 0 Å². The molecule has 2 unspecified atom stereocenters. The van der Waals surface area contributed by atoms with Crippen molar-refractivity contribution in [2.75, 3.05) is 51.8 Å². The van der Waals surface area contributed by atoms with Crippen LogP contribution in [-0.4, -0.2) is 101 Å². The molecule has 0 spiro atoms. The molecule has 2 aromatic rings. The Bertz CT molecular complexity index is 1120. The monoisotopic (exact) mass is 493 g/mol. The summed E-state index contributed by atoms with van der Waals surface area (Å²) in [6.07, 6.45) is 1.20. The quantitative estimate of drug-likeness (QED) is 0.596. The van der Waals surface area contributed by atoms with Gasteiger partial charge in [0, 0.05) is 45.5 Å². The Kier molecular flexibility index (Phi) is 7.16. The lowest BCUT2D eigenvalue weighted by atomic mass is 10.1. The molecule has 2 aliphatic heterocycles. The van der Waals surface area contributed by atoms with Crippen molar-refractivity contribution in [1.29, 1.82) is 5.26 Å². The number of aromatic nitrogens is 3. The fourth-order valence-corrected chi connectivity index (χ4v) is 4.59. The summed E-state index contributed by atoms with van der Waals surface area (Å²) in [5, 5.41) is 18.6. The van der Waals surface area contributed by atoms with Crippen LogP contribution >= 0.6 is 11.6 Å². The van der Waals surface area contributed by atoms with Gasteiger partial charge in [-0.2, -0.15) is 15.2 Å². The van der Waals surface area contributed by atoms with Gasteiger partial charge in [0.1, 0.15) is 17.9 Å². The zero-order valence-electron chi connectivity index (χ0n) is 18.8. The number of hydrogen-bond donors (Lipinski definition) is 1. The van der Waals surface area contributed by atoms with Crippen molar-refractivity contribution < 1.29 is 23.8 Å². The molecule has 0 radical (unpaired) electrons. The molecule has 2 fully saturated rings. The van der Waals surface area contributed by atoms with E-state index in [9.17, 15) is 14.3 Å². The zero-order valence-corrected chi connectivity index (χ0v) is 19.6. The third-order valence-electron chi connectivity index (χ3n) is 6.34. The Morgan fingerprint density at radius 2 is 2.15 bits per heavy atom. The maximum atomic E-state index is 14.9. The van der Waals surface area contributed by atoms with Gasteiger partial charge in [-0.15, -0.1) is 0 Å². The second-order valence-corrected chi connectivity index (χ2v) is 8.75. The average molecular weight is 494 g/mol. The fourth-order valence-electron chi connectivity index (χ4n) is 4.45. The zero-order chi connectivity index (χ0) is 24.4. The topological polar surface area (TPSA) is 128 Å². The summed E-state index contributed by atoms with van der Waals surface area (Å²) in [6, 6.07) is 1.53. The van der Waals surface area contributed by atoms with Crippen molar-refractivity contribution in [3.63, 3.8) is 0 Å². The van der Waals surface area contributed by atoms with Crippen LogP contribution in [-0.2, 0) is 4.74 Å². The molecule has 2 saturated heterocycles. The number of likely N-dealkylation sites (tertiary alicyclic amines) is 1. The van der Waals surface area contributed by atoms with E-state index >= 15 is 0 Å². The first-order valence-corrected chi connectivity index (χ1v) is 11.2. The summed E-state index contributed by atoms with van der Waals surface area (Å²) in [5.74, 6) is -0.437. The molecule has 1 amide bonds. The van der Waals surface area contributed by atoms with Crippen LogP contribution in [0.25, 0.3) is 10.9 Å². The van der Waals surface area contributed by atoms with Crippen LogP contribution in [0.4, 0.5) is 15.0 Å². The minimum absolute atomic E-state index is 0.0162. The first-order valence-electron chi connectivity index (χ1n) is 10.8. The first kappa shape index (κ1) is 24.1. The Morgan fingerprint density at radius 1 is 1.35 bits per heavy atom. The Hall–Kier alpha value is -3.01. The second kappa shape index (κ2) is 10.1. The molecule has 0 bridgehead atoms. The average Bonchev–Trinajstić information content (AvgIpc) is 3.19. The molecule has 2 aromatic heterocycles. The van der Waals surface area contributed by atoms with Crippen molar-refractivity contribution in [2.45, 2.75) is 31.0 Å². The van der Waals surface area contributed by atoms with E-state index in [1.54, 1.807) is 12.0 Å². The van der Waals surface area contributed by atoms with E-state index < -0.39 is 18.0 Å². The SMILES string of the molecule is CO[C@@H]1CC(COc2nc(N3CCN(C(=O)O)C(CC#N)C3)c3cnc(Cl)c(F)c3n2)N(C)C1. The molecule has 182 valence electrons. The number of hydrogen-bond acceptors (Lipinski definition) is 9. The molecular formula is C21H25ClFN7O4. The van der Waals surface area contributed by atoms with Crippen LogP contribution in [0.3, 0.4) is 0 Å². The normalized spacial score (nSPS) is 23.3. The number of carbonyl (C=O) groups is 1. The summed E-state index contributed by atoms with van der Waals surface area (Å²) in [4.78, 5) is 29.4. The lowest BCUT2D eigenvalue weighted by Crippen LogP contribution is -2.55. The van der Waals surface area contributed by atoms with Crippen LogP contribution in [0, 0.1) is 17.1 Å². The smallest absolute Gasteiger partial charge is 0.407 e. The standard InChI is InChI=1S/C21H25ClFN7O4/c1-28-10-14(33-2)7-13(28)11-34-20-26-17-15(8-25-18(22)16(17)23)19(27-20)29-5-6-30(21(31)32)12(9-29)3-4-24/h8,12-14H,3,5-7,9-11H2,1-2H3,(H,31,32)/t12?,13?,14-/m1/s1. The van der Waals surface area contributed by atoms with Gasteiger partial charge in [0.15, 0.2) is 11.0 Å². The summed E-state index contributed by atoms with van der Waals surface area (Å²) < 4.78 is 26.2. The van der Waals surface area contributed by atoms with Gasteiger partial charge in [-0.1, -0.05) is 11.6 Å². The first-order chi connectivity index (χ1) is 16.3. The summed E-state index contributed by atoms with van der Waals surface area (Å²) >= 11 is 5.90. The predicted molar refractivity (Wildman–Crippen MR) is 121 cm³/mol. The molecule has 34 heavy (non-hydrogen) atoms. The molecule has 11 nitrogen and oxygen atoms in total. The van der Waals surface area contributed by atoms with Crippen LogP contribution in [0.1, 0.15) is 12.8 Å². The maximum absolute atomic E-state index is 14.9. The van der Waals surface area contributed by atoms with Gasteiger partial charge >= 0.3 is 12.1 Å². The van der Waals surface area contributed by atoms with Crippen LogP contribution in [0.5, 0.6) is 6.01 Å². The molecule has 2 aliphatic rings. The second-order valence-electron chi connectivity index (χ2n) is 8.39. The van der Waals surface area contributed by atoms with Crippen molar-refractivity contribution >= 4 is 34.4 Å². The Morgan fingerprint density at radius 3 is 2.82 bits per heavy atom. The summed E-state index contributed by atoms with van der Waals surface area (Å²) in [5.41, 5.74) is -0.0351. The lowest BCUT2D eigenvalue weighted by molar-refractivity contribution is 0.111. The van der Waals surface area contributed by atoms with Gasteiger partial charge in [-0.3, -0.25) is 4.90 Å². The van der Waals surface area contributed by atoms with E-state index in [-0.39, 0.29) is 54.9 Å². The highest BCUT2D eigenvalue weighted by Crippen LogP contribution is 2.31. The fraction of sp³-hybridized carbons (Fsp3) is 0.571. The Balaban J connectivity index is 1.65. The third kappa shape index (κ3) is 4.77. The summed E-state index contributed by atoms with van der Waals surface area (Å²) in [7, 11) is 3.65. The van der Waals surface area contributed by atoms with Crippen molar-refractivity contribution in [2.24, 2.45) is 0 Å². The number of pyridine rings is 1. The molecule has 3 atom stereocenters. The highest BCUT2D eigenvalue weighted by Gasteiger charge is 2.33. The molecule has 0 aliphatic carbocycles. The molecule has 0 saturated carbocycles. The number of methoxy groups -OCH3 is 1.